The van der Waals surface area contributed by atoms with Gasteiger partial charge in [-0.15, -0.1) is 0 Å². The van der Waals surface area contributed by atoms with Crippen LogP contribution in [-0.2, 0) is 52.2 Å². The summed E-state index contributed by atoms with van der Waals surface area (Å²) in [5.74, 6) is -0.941. The third-order valence-corrected chi connectivity index (χ3v) is 22.9. The normalized spacial score (nSPS) is 54.9. The Morgan fingerprint density at radius 3 is 1.81 bits per heavy atom. The minimum Gasteiger partial charge on any atom is -0.432 e. The van der Waals surface area contributed by atoms with E-state index in [1.165, 1.54) is 12.5 Å². The van der Waals surface area contributed by atoms with Crippen LogP contribution in [0.4, 0.5) is 0 Å². The van der Waals surface area contributed by atoms with Gasteiger partial charge in [0.2, 0.25) is 6.29 Å². The second-order valence-electron chi connectivity index (χ2n) is 28.0. The summed E-state index contributed by atoms with van der Waals surface area (Å²) in [6.07, 6.45) is -29.1. The summed E-state index contributed by atoms with van der Waals surface area (Å²) in [5.41, 5.74) is -2.10. The summed E-state index contributed by atoms with van der Waals surface area (Å²) in [5, 5.41) is 162. The fourth-order valence-corrected chi connectivity index (χ4v) is 17.4. The highest BCUT2D eigenvalue weighted by atomic mass is 16.8. The van der Waals surface area contributed by atoms with Gasteiger partial charge >= 0.3 is 5.97 Å². The predicted molar refractivity (Wildman–Crippen MR) is 283 cm³/mol. The minimum atomic E-state index is -1.91. The van der Waals surface area contributed by atoms with Crippen LogP contribution in [-0.4, -0.2) is 263 Å². The van der Waals surface area contributed by atoms with E-state index >= 15 is 4.79 Å². The van der Waals surface area contributed by atoms with Crippen molar-refractivity contribution in [3.8, 4) is 0 Å². The fourth-order valence-electron chi connectivity index (χ4n) is 17.4. The molecule has 10 rings (SSSR count). The molecular formula is C58H94O26. The van der Waals surface area contributed by atoms with E-state index in [2.05, 4.69) is 40.7 Å². The molecule has 5 heterocycles. The van der Waals surface area contributed by atoms with Crippen LogP contribution in [0.25, 0.3) is 0 Å². The number of aliphatic hydroxyl groups excluding tert-OH is 15. The van der Waals surface area contributed by atoms with E-state index in [0.29, 0.717) is 57.8 Å². The number of ether oxygens (including phenoxy) is 10. The Labute approximate surface area is 488 Å². The van der Waals surface area contributed by atoms with Gasteiger partial charge in [-0.1, -0.05) is 53.2 Å². The van der Waals surface area contributed by atoms with Gasteiger partial charge in [-0.2, -0.15) is 0 Å². The summed E-state index contributed by atoms with van der Waals surface area (Å²) in [6.45, 7) is 12.2. The van der Waals surface area contributed by atoms with Gasteiger partial charge in [0.25, 0.3) is 0 Å². The Morgan fingerprint density at radius 1 is 0.548 bits per heavy atom. The standard InChI is InChI=1S/C58H94O26/c1-24-34(64)37(67)41(71)48(77-24)83-46-44(81-47-40(70)35(65)27(62)21-75-47)28(63)22-76-51(46)80-33-11-12-54(4)31(55(33,5)23-61)10-13-57(7)32(54)9-8-25-26-18-53(2,3)14-16-58(26,17-15-56(25,57)6)52(74)84-50-43(73)39(69)45(30(20-60)79-50)82-49-42(72)38(68)36(66)29(19-59)78-49/h8,24,26-51,59-73H,9-23H2,1-7H3/t24?,26?,27?,28?,29?,30?,31?,32?,33?,34?,35?,36?,37?,38?,39?,40?,41?,42?,43?,44?,45?,46?,47?,48?,49?,50?,51?,54-,55?,56+,57+,58-/m0/s1. The van der Waals surface area contributed by atoms with Crippen LogP contribution in [0.1, 0.15) is 113 Å². The van der Waals surface area contributed by atoms with Crippen LogP contribution in [0, 0.1) is 50.2 Å². The highest BCUT2D eigenvalue weighted by molar-refractivity contribution is 5.79. The Morgan fingerprint density at radius 2 is 1.13 bits per heavy atom. The van der Waals surface area contributed by atoms with Gasteiger partial charge in [-0.05, 0) is 111 Å². The van der Waals surface area contributed by atoms with Crippen molar-refractivity contribution in [1.29, 1.82) is 0 Å². The summed E-state index contributed by atoms with van der Waals surface area (Å²) < 4.78 is 60.4. The largest absolute Gasteiger partial charge is 0.432 e. The molecule has 26 nitrogen and oxygen atoms in total. The molecule has 9 fully saturated rings. The van der Waals surface area contributed by atoms with Crippen molar-refractivity contribution in [3.05, 3.63) is 11.6 Å². The average molecular weight is 1210 g/mol. The lowest BCUT2D eigenvalue weighted by Crippen LogP contribution is -2.67. The molecule has 5 saturated heterocycles. The Balaban J connectivity index is 0.883. The van der Waals surface area contributed by atoms with Crippen molar-refractivity contribution in [2.75, 3.05) is 33.0 Å². The summed E-state index contributed by atoms with van der Waals surface area (Å²) in [4.78, 5) is 15.2. The SMILES string of the molecule is CC1OC(OC2C(OC3CC[C@@]4(C)C(CC[C@]5(C)C4CC=C4C6CC(C)(C)CC[C@]6(C(=O)OC6OC(CO)C(OC7OC(CO)C(O)C(O)C7O)C(O)C6O)CC[C@]45C)C3(C)CO)OCC(O)C2OC2OCC(O)C(O)C2O)C(O)C(O)C1O. The lowest BCUT2D eigenvalue weighted by molar-refractivity contribution is -0.384. The maximum atomic E-state index is 15.2. The molecule has 32 atom stereocenters. The van der Waals surface area contributed by atoms with Gasteiger partial charge < -0.3 is 124 Å². The molecule has 0 spiro atoms. The van der Waals surface area contributed by atoms with Crippen molar-refractivity contribution >= 4 is 5.97 Å². The molecule has 4 saturated carbocycles. The van der Waals surface area contributed by atoms with Gasteiger partial charge in [-0.3, -0.25) is 4.79 Å². The van der Waals surface area contributed by atoms with Gasteiger partial charge in [0.1, 0.15) is 104 Å². The topological polar surface area (TPSA) is 413 Å². The molecule has 0 aromatic rings. The molecule has 0 bridgehead atoms. The lowest BCUT2D eigenvalue weighted by atomic mass is 9.33. The van der Waals surface area contributed by atoms with E-state index in [4.69, 9.17) is 47.4 Å². The predicted octanol–water partition coefficient (Wildman–Crippen LogP) is -2.93. The van der Waals surface area contributed by atoms with E-state index in [-0.39, 0.29) is 47.2 Å². The van der Waals surface area contributed by atoms with Crippen LogP contribution in [0.5, 0.6) is 0 Å². The number of carbonyl (C=O) groups excluding carboxylic acids is 1. The third-order valence-electron chi connectivity index (χ3n) is 22.9. The molecular weight excluding hydrogens is 1110 g/mol. The fraction of sp³-hybridized carbons (Fsp3) is 0.948. The highest BCUT2D eigenvalue weighted by Crippen LogP contribution is 2.76. The number of rotatable bonds is 13. The van der Waals surface area contributed by atoms with Crippen LogP contribution in [0.15, 0.2) is 11.6 Å². The molecule has 10 aliphatic rings. The number of fused-ring (bicyclic) bond motifs is 7. The number of carbonyl (C=O) groups is 1. The molecule has 5 aliphatic heterocycles. The first kappa shape index (κ1) is 65.2. The van der Waals surface area contributed by atoms with Crippen LogP contribution in [0.3, 0.4) is 0 Å². The van der Waals surface area contributed by atoms with Crippen LogP contribution in [0.2, 0.25) is 0 Å². The quantitative estimate of drug-likeness (QED) is 0.0499. The van der Waals surface area contributed by atoms with E-state index < -0.39 is 189 Å². The zero-order valence-electron chi connectivity index (χ0n) is 49.0. The number of aliphatic hydroxyl groups is 15. The Bertz CT molecular complexity index is 2330. The van der Waals surface area contributed by atoms with Gasteiger partial charge in [0, 0.05) is 5.41 Å². The number of allylic oxidation sites excluding steroid dienone is 2. The van der Waals surface area contributed by atoms with E-state index in [9.17, 15) is 76.6 Å². The third kappa shape index (κ3) is 10.8. The molecule has 84 heavy (non-hydrogen) atoms. The second-order valence-corrected chi connectivity index (χ2v) is 28.0. The van der Waals surface area contributed by atoms with Crippen LogP contribution >= 0.6 is 0 Å². The lowest BCUT2D eigenvalue weighted by Gasteiger charge is -2.71. The van der Waals surface area contributed by atoms with Crippen LogP contribution < -0.4 is 0 Å². The maximum Gasteiger partial charge on any atom is 0.315 e. The van der Waals surface area contributed by atoms with Gasteiger partial charge in [0.15, 0.2) is 25.2 Å². The molecule has 0 aromatic heterocycles. The Kier molecular flexibility index (Phi) is 18.7. The first-order valence-electron chi connectivity index (χ1n) is 30.2. The van der Waals surface area contributed by atoms with E-state index in [0.717, 1.165) is 6.42 Å². The molecule has 0 radical (unpaired) electrons. The molecule has 482 valence electrons. The van der Waals surface area contributed by atoms with Crippen molar-refractivity contribution in [2.24, 2.45) is 50.2 Å². The molecule has 15 N–H and O–H groups in total. The number of hydrogen-bond acceptors (Lipinski definition) is 26. The van der Waals surface area contributed by atoms with Gasteiger partial charge in [0.05, 0.1) is 50.7 Å². The average Bonchev–Trinajstić information content (AvgIpc) is 0.709. The molecule has 5 aliphatic carbocycles. The van der Waals surface area contributed by atoms with Crippen molar-refractivity contribution < 1.29 is 129 Å². The molecule has 0 amide bonds. The van der Waals surface area contributed by atoms with E-state index in [1.807, 2.05) is 6.92 Å². The van der Waals surface area contributed by atoms with E-state index in [1.54, 1.807) is 0 Å². The Hall–Kier alpha value is -1.75. The van der Waals surface area contributed by atoms with Crippen molar-refractivity contribution in [1.82, 2.24) is 0 Å². The zero-order valence-corrected chi connectivity index (χ0v) is 49.0. The van der Waals surface area contributed by atoms with Gasteiger partial charge in [-0.25, -0.2) is 0 Å². The summed E-state index contributed by atoms with van der Waals surface area (Å²) in [6, 6.07) is 0. The second kappa shape index (κ2) is 24.1. The maximum absolute atomic E-state index is 15.2. The number of esters is 1. The first-order chi connectivity index (χ1) is 39.4. The highest BCUT2D eigenvalue weighted by Gasteiger charge is 2.71. The summed E-state index contributed by atoms with van der Waals surface area (Å²) in [7, 11) is 0. The smallest absolute Gasteiger partial charge is 0.315 e. The molecule has 0 aromatic carbocycles. The molecule has 26 heteroatoms. The minimum absolute atomic E-state index is 0.0839. The number of hydrogen-bond donors (Lipinski definition) is 15. The first-order valence-corrected chi connectivity index (χ1v) is 30.2. The monoisotopic (exact) mass is 1210 g/mol. The summed E-state index contributed by atoms with van der Waals surface area (Å²) >= 11 is 0. The van der Waals surface area contributed by atoms with Crippen molar-refractivity contribution in [2.45, 2.75) is 260 Å². The zero-order chi connectivity index (χ0) is 61.1. The molecule has 28 unspecified atom stereocenters. The van der Waals surface area contributed by atoms with Crippen molar-refractivity contribution in [3.63, 3.8) is 0 Å².